The van der Waals surface area contributed by atoms with Gasteiger partial charge in [-0.2, -0.15) is 0 Å². The van der Waals surface area contributed by atoms with Crippen molar-refractivity contribution < 1.29 is 19.7 Å². The van der Waals surface area contributed by atoms with E-state index in [9.17, 15) is 15.0 Å². The lowest BCUT2D eigenvalue weighted by Crippen LogP contribution is -2.59. The van der Waals surface area contributed by atoms with Gasteiger partial charge in [0, 0.05) is 13.2 Å². The van der Waals surface area contributed by atoms with Crippen LogP contribution in [0, 0.1) is 5.41 Å². The molecule has 0 aliphatic carbocycles. The van der Waals surface area contributed by atoms with Crippen LogP contribution in [0.25, 0.3) is 0 Å². The maximum Gasteiger partial charge on any atom is 0.312 e. The summed E-state index contributed by atoms with van der Waals surface area (Å²) in [4.78, 5) is 11.5. The van der Waals surface area contributed by atoms with Gasteiger partial charge < -0.3 is 20.3 Å². The molecule has 2 heterocycles. The van der Waals surface area contributed by atoms with E-state index in [1.807, 2.05) is 0 Å². The van der Waals surface area contributed by atoms with E-state index in [4.69, 9.17) is 4.74 Å². The lowest BCUT2D eigenvalue weighted by Gasteiger charge is -2.48. The summed E-state index contributed by atoms with van der Waals surface area (Å²) in [6.45, 7) is 2.24. The molecule has 0 bridgehead atoms. The first-order chi connectivity index (χ1) is 7.61. The lowest BCUT2D eigenvalue weighted by atomic mass is 9.63. The number of hydrogen-bond acceptors (Lipinski definition) is 4. The summed E-state index contributed by atoms with van der Waals surface area (Å²) < 4.78 is 5.22. The highest BCUT2D eigenvalue weighted by atomic mass is 16.5. The Balaban J connectivity index is 2.26. The molecule has 2 aliphatic heterocycles. The molecular weight excluding hydrogens is 210 g/mol. The summed E-state index contributed by atoms with van der Waals surface area (Å²) in [5, 5.41) is 23.3. The van der Waals surface area contributed by atoms with Crippen LogP contribution in [0.15, 0.2) is 0 Å². The predicted molar refractivity (Wildman–Crippen MR) is 57.2 cm³/mol. The Hall–Kier alpha value is -0.650. The molecule has 2 aliphatic rings. The molecule has 0 atom stereocenters. The van der Waals surface area contributed by atoms with E-state index in [2.05, 4.69) is 5.32 Å². The molecule has 16 heavy (non-hydrogen) atoms. The van der Waals surface area contributed by atoms with Crippen LogP contribution in [-0.4, -0.2) is 48.1 Å². The van der Waals surface area contributed by atoms with Crippen LogP contribution >= 0.6 is 0 Å². The molecule has 0 aromatic carbocycles. The monoisotopic (exact) mass is 229 g/mol. The Morgan fingerprint density at radius 3 is 2.19 bits per heavy atom. The molecule has 5 heteroatoms. The van der Waals surface area contributed by atoms with E-state index in [1.54, 1.807) is 0 Å². The predicted octanol–water partition coefficient (Wildman–Crippen LogP) is -0.0177. The summed E-state index contributed by atoms with van der Waals surface area (Å²) in [5.41, 5.74) is -2.08. The minimum atomic E-state index is -1.08. The van der Waals surface area contributed by atoms with Crippen LogP contribution in [0.1, 0.15) is 25.7 Å². The smallest absolute Gasteiger partial charge is 0.312 e. The van der Waals surface area contributed by atoms with Gasteiger partial charge in [-0.1, -0.05) is 0 Å². The molecule has 92 valence electrons. The van der Waals surface area contributed by atoms with Crippen LogP contribution < -0.4 is 5.32 Å². The van der Waals surface area contributed by atoms with Crippen LogP contribution in [0.3, 0.4) is 0 Å². The zero-order valence-electron chi connectivity index (χ0n) is 9.37. The first-order valence-electron chi connectivity index (χ1n) is 5.85. The minimum Gasteiger partial charge on any atom is -0.481 e. The van der Waals surface area contributed by atoms with E-state index in [0.717, 1.165) is 0 Å². The number of hydrogen-bond donors (Lipinski definition) is 3. The van der Waals surface area contributed by atoms with E-state index in [0.29, 0.717) is 52.0 Å². The Bertz CT molecular complexity index is 267. The fourth-order valence-electron chi connectivity index (χ4n) is 2.92. The third kappa shape index (κ3) is 1.73. The summed E-state index contributed by atoms with van der Waals surface area (Å²) in [7, 11) is 0. The van der Waals surface area contributed by atoms with Crippen molar-refractivity contribution in [2.24, 2.45) is 5.41 Å². The topological polar surface area (TPSA) is 78.8 Å². The molecule has 0 aromatic rings. The number of piperidine rings is 1. The number of nitrogens with one attached hydrogen (secondary N) is 1. The van der Waals surface area contributed by atoms with Gasteiger partial charge >= 0.3 is 5.97 Å². The molecule has 0 amide bonds. The molecule has 2 fully saturated rings. The highest BCUT2D eigenvalue weighted by Gasteiger charge is 2.56. The Morgan fingerprint density at radius 1 is 1.12 bits per heavy atom. The van der Waals surface area contributed by atoms with Gasteiger partial charge in [-0.15, -0.1) is 0 Å². The number of rotatable bonds is 2. The Labute approximate surface area is 94.8 Å². The van der Waals surface area contributed by atoms with Gasteiger partial charge in [-0.3, -0.25) is 4.79 Å². The standard InChI is InChI=1S/C11H19NO4/c13-9(14)10(3-7-16-8-4-10)11(15)1-5-12-6-2-11/h12,15H,1-8H2,(H,13,14). The molecule has 0 aromatic heterocycles. The largest absolute Gasteiger partial charge is 0.481 e. The fraction of sp³-hybridized carbons (Fsp3) is 0.909. The van der Waals surface area contributed by atoms with E-state index in [1.165, 1.54) is 0 Å². The van der Waals surface area contributed by atoms with Gasteiger partial charge in [0.1, 0.15) is 5.41 Å². The number of carboxylic acids is 1. The molecule has 0 saturated carbocycles. The van der Waals surface area contributed by atoms with Gasteiger partial charge in [0.2, 0.25) is 0 Å². The number of ether oxygens (including phenoxy) is 1. The third-order valence-electron chi connectivity index (χ3n) is 4.08. The summed E-state index contributed by atoms with van der Waals surface area (Å²) >= 11 is 0. The zero-order valence-corrected chi connectivity index (χ0v) is 9.37. The SMILES string of the molecule is O=C(O)C1(C2(O)CCNCC2)CCOCC1. The van der Waals surface area contributed by atoms with Gasteiger partial charge in [0.25, 0.3) is 0 Å². The van der Waals surface area contributed by atoms with Crippen molar-refractivity contribution in [2.75, 3.05) is 26.3 Å². The van der Waals surface area contributed by atoms with Crippen LogP contribution in [-0.2, 0) is 9.53 Å². The van der Waals surface area contributed by atoms with Crippen molar-refractivity contribution >= 4 is 5.97 Å². The van der Waals surface area contributed by atoms with Crippen molar-refractivity contribution in [1.82, 2.24) is 5.32 Å². The quantitative estimate of drug-likeness (QED) is 0.620. The first kappa shape index (κ1) is 11.8. The van der Waals surface area contributed by atoms with Gasteiger partial charge in [0.15, 0.2) is 0 Å². The molecule has 2 saturated heterocycles. The second-order valence-electron chi connectivity index (χ2n) is 4.78. The number of aliphatic carboxylic acids is 1. The van der Waals surface area contributed by atoms with Crippen molar-refractivity contribution in [1.29, 1.82) is 0 Å². The molecular formula is C11H19NO4. The van der Waals surface area contributed by atoms with Crippen LogP contribution in [0.4, 0.5) is 0 Å². The van der Waals surface area contributed by atoms with Gasteiger partial charge in [-0.25, -0.2) is 0 Å². The molecule has 0 spiro atoms. The Kier molecular flexibility index (Phi) is 3.19. The number of carbonyl (C=O) groups is 1. The van der Waals surface area contributed by atoms with E-state index in [-0.39, 0.29) is 0 Å². The maximum absolute atomic E-state index is 11.5. The average molecular weight is 229 g/mol. The summed E-state index contributed by atoms with van der Waals surface area (Å²) in [6, 6.07) is 0. The van der Waals surface area contributed by atoms with Crippen molar-refractivity contribution in [3.63, 3.8) is 0 Å². The van der Waals surface area contributed by atoms with E-state index >= 15 is 0 Å². The lowest BCUT2D eigenvalue weighted by molar-refractivity contribution is -0.188. The molecule has 0 unspecified atom stereocenters. The normalized spacial score (nSPS) is 28.6. The third-order valence-corrected chi connectivity index (χ3v) is 4.08. The molecule has 3 N–H and O–H groups in total. The average Bonchev–Trinajstić information content (AvgIpc) is 2.30. The second-order valence-corrected chi connectivity index (χ2v) is 4.78. The van der Waals surface area contributed by atoms with Crippen molar-refractivity contribution in [3.05, 3.63) is 0 Å². The van der Waals surface area contributed by atoms with Crippen molar-refractivity contribution in [3.8, 4) is 0 Å². The maximum atomic E-state index is 11.5. The first-order valence-corrected chi connectivity index (χ1v) is 5.85. The number of carboxylic acid groups (broad SMARTS) is 1. The zero-order chi connectivity index (χ0) is 11.6. The summed E-state index contributed by atoms with van der Waals surface area (Å²) in [6.07, 6.45) is 1.86. The second kappa shape index (κ2) is 4.31. The minimum absolute atomic E-state index is 0.416. The highest BCUT2D eigenvalue weighted by Crippen LogP contribution is 2.45. The van der Waals surface area contributed by atoms with Gasteiger partial charge in [-0.05, 0) is 38.8 Å². The molecule has 2 rings (SSSR count). The highest BCUT2D eigenvalue weighted by molar-refractivity contribution is 5.76. The molecule has 0 radical (unpaired) electrons. The number of aliphatic hydroxyl groups is 1. The fourth-order valence-corrected chi connectivity index (χ4v) is 2.92. The van der Waals surface area contributed by atoms with Gasteiger partial charge in [0.05, 0.1) is 5.60 Å². The summed E-state index contributed by atoms with van der Waals surface area (Å²) in [5.74, 6) is -0.875. The molecule has 5 nitrogen and oxygen atoms in total. The van der Waals surface area contributed by atoms with Crippen LogP contribution in [0.5, 0.6) is 0 Å². The Morgan fingerprint density at radius 2 is 1.69 bits per heavy atom. The van der Waals surface area contributed by atoms with Crippen molar-refractivity contribution in [2.45, 2.75) is 31.3 Å². The van der Waals surface area contributed by atoms with E-state index < -0.39 is 17.0 Å². The van der Waals surface area contributed by atoms with Crippen LogP contribution in [0.2, 0.25) is 0 Å².